The smallest absolute Gasteiger partial charge is 0.328 e. The van der Waals surface area contributed by atoms with Gasteiger partial charge in [-0.3, -0.25) is 4.90 Å². The van der Waals surface area contributed by atoms with E-state index in [9.17, 15) is 19.2 Å². The van der Waals surface area contributed by atoms with Crippen molar-refractivity contribution >= 4 is 34.8 Å². The zero-order chi connectivity index (χ0) is 37.2. The molecule has 1 aromatic heterocycles. The Morgan fingerprint density at radius 3 is 2.02 bits per heavy atom. The standard InChI is InChI=1S/C30H39N3O2.2C4H4O4/c1-32(2)22-27-29(34-25-11-7-4-8-12-25)16-14-26-28(31-35-30(26)27)15-13-23-17-19-33(20-18-23)21-24-9-5-3-6-10-24;2*5-3(6)1-2-4(7)8/h3,5-7,9-11,14,16,23,25H,4,8,12-13,15,17-22H2,1-2H3;2*1-2H,(H,5,6)(H,7,8). The first-order valence-electron chi connectivity index (χ1n) is 16.8. The third kappa shape index (κ3) is 15.0. The molecule has 274 valence electrons. The minimum Gasteiger partial charge on any atom is -0.486 e. The molecule has 1 fully saturated rings. The maximum Gasteiger partial charge on any atom is 0.328 e. The van der Waals surface area contributed by atoms with Gasteiger partial charge in [0.25, 0.3) is 0 Å². The molecule has 0 bridgehead atoms. The van der Waals surface area contributed by atoms with Crippen LogP contribution in [0.2, 0.25) is 0 Å². The van der Waals surface area contributed by atoms with Crippen LogP contribution in [0.5, 0.6) is 5.75 Å². The number of aryl methyl sites for hydroxylation is 1. The van der Waals surface area contributed by atoms with Crippen LogP contribution in [0.25, 0.3) is 11.0 Å². The highest BCUT2D eigenvalue weighted by atomic mass is 16.5. The van der Waals surface area contributed by atoms with Gasteiger partial charge in [-0.2, -0.15) is 0 Å². The van der Waals surface area contributed by atoms with Gasteiger partial charge in [-0.05, 0) is 102 Å². The Hall–Kier alpha value is -5.27. The van der Waals surface area contributed by atoms with Crippen molar-refractivity contribution in [1.82, 2.24) is 15.0 Å². The van der Waals surface area contributed by atoms with Crippen molar-refractivity contribution in [2.24, 2.45) is 5.92 Å². The summed E-state index contributed by atoms with van der Waals surface area (Å²) in [5.74, 6) is -3.34. The minimum absolute atomic E-state index is 0.150. The lowest BCUT2D eigenvalue weighted by Crippen LogP contribution is -2.33. The Morgan fingerprint density at radius 1 is 0.882 bits per heavy atom. The summed E-state index contributed by atoms with van der Waals surface area (Å²) in [6.07, 6.45) is 14.9. The molecule has 2 aliphatic rings. The SMILES string of the molecule is CN(C)Cc1c(OC2C=CCCC2)ccc2c(CCC3CCN(Cc4ccccc4)CC3)noc12.O=C(O)C=CC(=O)O.O=C(O)C=CC(=O)O. The second-order valence-electron chi connectivity index (χ2n) is 12.6. The second-order valence-corrected chi connectivity index (χ2v) is 12.6. The zero-order valence-electron chi connectivity index (χ0n) is 29.0. The number of carbonyl (C=O) groups is 4. The van der Waals surface area contributed by atoms with Crippen molar-refractivity contribution in [3.8, 4) is 5.75 Å². The van der Waals surface area contributed by atoms with Crippen molar-refractivity contribution in [3.63, 3.8) is 0 Å². The van der Waals surface area contributed by atoms with Gasteiger partial charge in [-0.15, -0.1) is 0 Å². The Labute approximate surface area is 297 Å². The molecular formula is C38H47N3O10. The van der Waals surface area contributed by atoms with E-state index in [0.29, 0.717) is 24.3 Å². The van der Waals surface area contributed by atoms with E-state index in [2.05, 4.69) is 83.7 Å². The first-order chi connectivity index (χ1) is 24.4. The highest BCUT2D eigenvalue weighted by Gasteiger charge is 2.23. The fourth-order valence-corrected chi connectivity index (χ4v) is 5.79. The second kappa shape index (κ2) is 21.1. The number of carboxylic acids is 4. The number of carboxylic acid groups (broad SMARTS) is 4. The molecule has 2 aromatic carbocycles. The predicted molar refractivity (Wildman–Crippen MR) is 190 cm³/mol. The van der Waals surface area contributed by atoms with E-state index >= 15 is 0 Å². The van der Waals surface area contributed by atoms with Crippen molar-refractivity contribution in [2.75, 3.05) is 27.2 Å². The largest absolute Gasteiger partial charge is 0.486 e. The normalized spacial score (nSPS) is 16.4. The number of rotatable bonds is 13. The van der Waals surface area contributed by atoms with Crippen molar-refractivity contribution in [3.05, 3.63) is 95.7 Å². The van der Waals surface area contributed by atoms with Crippen LogP contribution >= 0.6 is 0 Å². The highest BCUT2D eigenvalue weighted by molar-refractivity contribution is 5.90. The van der Waals surface area contributed by atoms with E-state index in [4.69, 9.17) is 29.7 Å². The van der Waals surface area contributed by atoms with Gasteiger partial charge in [0, 0.05) is 42.8 Å². The van der Waals surface area contributed by atoms with Gasteiger partial charge in [0.1, 0.15) is 11.9 Å². The molecule has 1 unspecified atom stereocenters. The Bertz CT molecular complexity index is 1610. The Kier molecular flexibility index (Phi) is 16.6. The summed E-state index contributed by atoms with van der Waals surface area (Å²) in [5, 5.41) is 36.9. The van der Waals surface area contributed by atoms with Crippen LogP contribution in [0.3, 0.4) is 0 Å². The summed E-state index contributed by atoms with van der Waals surface area (Å²) >= 11 is 0. The van der Waals surface area contributed by atoms with Crippen LogP contribution in [0, 0.1) is 5.92 Å². The number of piperidine rings is 1. The van der Waals surface area contributed by atoms with Crippen molar-refractivity contribution < 1.29 is 48.9 Å². The number of aliphatic carboxylic acids is 4. The number of ether oxygens (including phenoxy) is 1. The number of hydrogen-bond donors (Lipinski definition) is 4. The van der Waals surface area contributed by atoms with Gasteiger partial charge in [-0.25, -0.2) is 19.2 Å². The highest BCUT2D eigenvalue weighted by Crippen LogP contribution is 2.34. The van der Waals surface area contributed by atoms with Gasteiger partial charge in [0.2, 0.25) is 0 Å². The molecule has 1 saturated heterocycles. The number of likely N-dealkylation sites (tertiary alicyclic amines) is 1. The van der Waals surface area contributed by atoms with Gasteiger partial charge in [-0.1, -0.05) is 41.6 Å². The monoisotopic (exact) mass is 705 g/mol. The summed E-state index contributed by atoms with van der Waals surface area (Å²) in [6, 6.07) is 15.1. The van der Waals surface area contributed by atoms with Gasteiger partial charge < -0.3 is 34.6 Å². The molecule has 1 aliphatic carbocycles. The zero-order valence-corrected chi connectivity index (χ0v) is 29.0. The Balaban J connectivity index is 0.000000366. The first kappa shape index (κ1) is 40.2. The molecule has 13 nitrogen and oxygen atoms in total. The van der Waals surface area contributed by atoms with E-state index in [1.807, 2.05) is 0 Å². The molecule has 0 radical (unpaired) electrons. The number of benzene rings is 2. The molecule has 0 amide bonds. The van der Waals surface area contributed by atoms with Crippen LogP contribution in [-0.2, 0) is 38.7 Å². The van der Waals surface area contributed by atoms with Crippen LogP contribution in [-0.4, -0.2) is 92.5 Å². The lowest BCUT2D eigenvalue weighted by atomic mass is 9.91. The molecule has 13 heteroatoms. The molecule has 5 rings (SSSR count). The van der Waals surface area contributed by atoms with Crippen LogP contribution in [0.15, 0.2) is 83.4 Å². The third-order valence-electron chi connectivity index (χ3n) is 8.22. The molecule has 4 N–H and O–H groups in total. The lowest BCUT2D eigenvalue weighted by molar-refractivity contribution is -0.134. The molecule has 1 atom stereocenters. The topological polar surface area (TPSA) is 191 Å². The average Bonchev–Trinajstić information content (AvgIpc) is 3.52. The molecule has 0 saturated carbocycles. The van der Waals surface area contributed by atoms with Crippen LogP contribution in [0.1, 0.15) is 55.3 Å². The van der Waals surface area contributed by atoms with Gasteiger partial charge in [0.15, 0.2) is 5.58 Å². The number of allylic oxidation sites excluding steroid dienone is 1. The average molecular weight is 706 g/mol. The molecular weight excluding hydrogens is 658 g/mol. The van der Waals surface area contributed by atoms with Gasteiger partial charge in [0.05, 0.1) is 11.3 Å². The number of aromatic nitrogens is 1. The Morgan fingerprint density at radius 2 is 1.49 bits per heavy atom. The predicted octanol–water partition coefficient (Wildman–Crippen LogP) is 5.65. The molecule has 0 spiro atoms. The van der Waals surface area contributed by atoms with E-state index in [-0.39, 0.29) is 6.10 Å². The van der Waals surface area contributed by atoms with E-state index in [1.165, 1.54) is 44.3 Å². The number of nitrogens with zero attached hydrogens (tertiary/aromatic N) is 3. The maximum atomic E-state index is 9.55. The molecule has 1 aliphatic heterocycles. The first-order valence-corrected chi connectivity index (χ1v) is 16.8. The molecule has 2 heterocycles. The van der Waals surface area contributed by atoms with Crippen molar-refractivity contribution in [2.45, 2.75) is 64.1 Å². The van der Waals surface area contributed by atoms with Crippen LogP contribution in [0.4, 0.5) is 0 Å². The molecule has 51 heavy (non-hydrogen) atoms. The minimum atomic E-state index is -1.26. The lowest BCUT2D eigenvalue weighted by Gasteiger charge is -2.32. The summed E-state index contributed by atoms with van der Waals surface area (Å²) in [4.78, 5) is 43.0. The summed E-state index contributed by atoms with van der Waals surface area (Å²) < 4.78 is 12.4. The quantitative estimate of drug-likeness (QED) is 0.126. The van der Waals surface area contributed by atoms with Crippen molar-refractivity contribution in [1.29, 1.82) is 0 Å². The maximum absolute atomic E-state index is 9.55. The van der Waals surface area contributed by atoms with Gasteiger partial charge >= 0.3 is 23.9 Å². The molecule has 3 aromatic rings. The number of fused-ring (bicyclic) bond motifs is 1. The van der Waals surface area contributed by atoms with E-state index < -0.39 is 23.9 Å². The van der Waals surface area contributed by atoms with E-state index in [0.717, 1.165) is 66.2 Å². The third-order valence-corrected chi connectivity index (χ3v) is 8.22. The fourth-order valence-electron chi connectivity index (χ4n) is 5.79. The van der Waals surface area contributed by atoms with E-state index in [1.54, 1.807) is 0 Å². The summed E-state index contributed by atoms with van der Waals surface area (Å²) in [5.41, 5.74) is 4.51. The fraction of sp³-hybridized carbons (Fsp3) is 0.395. The van der Waals surface area contributed by atoms with Crippen LogP contribution < -0.4 is 4.74 Å². The number of hydrogen-bond acceptors (Lipinski definition) is 9. The summed E-state index contributed by atoms with van der Waals surface area (Å²) in [6.45, 7) is 4.21. The summed E-state index contributed by atoms with van der Waals surface area (Å²) in [7, 11) is 4.18.